The first-order chi connectivity index (χ1) is 7.47. The van der Waals surface area contributed by atoms with Crippen LogP contribution >= 0.6 is 0 Å². The Morgan fingerprint density at radius 3 is 2.50 bits per heavy atom. The smallest absolute Gasteiger partial charge is 0.329 e. The van der Waals surface area contributed by atoms with Crippen LogP contribution in [0.2, 0.25) is 0 Å². The molecule has 0 amide bonds. The Bertz CT molecular complexity index is 244. The summed E-state index contributed by atoms with van der Waals surface area (Å²) in [4.78, 5) is 10.2. The van der Waals surface area contributed by atoms with Crippen LogP contribution in [-0.4, -0.2) is 75.4 Å². The predicted molar refractivity (Wildman–Crippen MR) is 47.4 cm³/mol. The Morgan fingerprint density at radius 1 is 1.38 bits per heavy atom. The predicted octanol–water partition coefficient (Wildman–Crippen LogP) is -3.11. The van der Waals surface area contributed by atoms with Crippen LogP contribution in [0.3, 0.4) is 0 Å². The maximum Gasteiger partial charge on any atom is 0.329 e. The second-order valence-corrected chi connectivity index (χ2v) is 3.40. The molecule has 5 N–H and O–H groups in total. The summed E-state index contributed by atoms with van der Waals surface area (Å²) in [6, 6.07) is 0. The molecule has 5 atom stereocenters. The summed E-state index contributed by atoms with van der Waals surface area (Å²) in [5.41, 5.74) is 0. The average Bonchev–Trinajstić information content (AvgIpc) is 2.52. The van der Waals surface area contributed by atoms with Crippen molar-refractivity contribution in [3.8, 4) is 0 Å². The third kappa shape index (κ3) is 2.88. The normalized spacial score (nSPS) is 36.2. The van der Waals surface area contributed by atoms with Gasteiger partial charge in [0, 0.05) is 0 Å². The van der Waals surface area contributed by atoms with E-state index in [4.69, 9.17) is 14.9 Å². The first-order valence-electron chi connectivity index (χ1n) is 4.61. The van der Waals surface area contributed by atoms with Crippen molar-refractivity contribution in [2.45, 2.75) is 30.7 Å². The molecule has 8 heteroatoms. The largest absolute Gasteiger partial charge is 0.480 e. The van der Waals surface area contributed by atoms with Crippen LogP contribution < -0.4 is 0 Å². The van der Waals surface area contributed by atoms with Crippen molar-refractivity contribution in [1.29, 1.82) is 0 Å². The van der Waals surface area contributed by atoms with E-state index in [1.54, 1.807) is 0 Å². The molecule has 0 saturated carbocycles. The lowest BCUT2D eigenvalue weighted by Gasteiger charge is -2.18. The molecule has 0 unspecified atom stereocenters. The summed E-state index contributed by atoms with van der Waals surface area (Å²) in [7, 11) is 0. The lowest BCUT2D eigenvalue weighted by Crippen LogP contribution is -2.40. The SMILES string of the molecule is O=C(O)CO[C@H]1O[C@H]([C@H](O)CO)[C@H](O)[C@@H]1O. The highest BCUT2D eigenvalue weighted by atomic mass is 16.7. The van der Waals surface area contributed by atoms with Gasteiger partial charge >= 0.3 is 5.97 Å². The van der Waals surface area contributed by atoms with Gasteiger partial charge in [0.2, 0.25) is 0 Å². The summed E-state index contributed by atoms with van der Waals surface area (Å²) >= 11 is 0. The van der Waals surface area contributed by atoms with Crippen molar-refractivity contribution in [2.24, 2.45) is 0 Å². The van der Waals surface area contributed by atoms with Gasteiger partial charge in [0.25, 0.3) is 0 Å². The Labute approximate surface area is 90.6 Å². The number of aliphatic carboxylic acids is 1. The van der Waals surface area contributed by atoms with Gasteiger partial charge in [0.15, 0.2) is 6.29 Å². The van der Waals surface area contributed by atoms with Crippen LogP contribution in [0.25, 0.3) is 0 Å². The highest BCUT2D eigenvalue weighted by molar-refractivity contribution is 5.68. The van der Waals surface area contributed by atoms with E-state index in [-0.39, 0.29) is 0 Å². The molecule has 1 fully saturated rings. The monoisotopic (exact) mass is 238 g/mol. The Morgan fingerprint density at radius 2 is 2.00 bits per heavy atom. The number of aliphatic hydroxyl groups is 4. The average molecular weight is 238 g/mol. The van der Waals surface area contributed by atoms with Gasteiger partial charge in [-0.3, -0.25) is 0 Å². The van der Waals surface area contributed by atoms with E-state index >= 15 is 0 Å². The van der Waals surface area contributed by atoms with E-state index in [9.17, 15) is 20.1 Å². The number of hydrogen-bond donors (Lipinski definition) is 5. The van der Waals surface area contributed by atoms with Gasteiger partial charge in [0.05, 0.1) is 6.61 Å². The molecular formula is C8H14O8. The minimum Gasteiger partial charge on any atom is -0.480 e. The Balaban J connectivity index is 2.53. The number of aliphatic hydroxyl groups excluding tert-OH is 4. The number of carboxylic acid groups (broad SMARTS) is 1. The zero-order valence-corrected chi connectivity index (χ0v) is 8.26. The fourth-order valence-corrected chi connectivity index (χ4v) is 1.38. The summed E-state index contributed by atoms with van der Waals surface area (Å²) in [6.07, 6.45) is -6.83. The molecule has 0 bridgehead atoms. The van der Waals surface area contributed by atoms with Gasteiger partial charge < -0.3 is 35.0 Å². The molecule has 1 aliphatic heterocycles. The van der Waals surface area contributed by atoms with E-state index in [0.29, 0.717) is 0 Å². The van der Waals surface area contributed by atoms with Gasteiger partial charge in [-0.15, -0.1) is 0 Å². The van der Waals surface area contributed by atoms with Crippen LogP contribution in [0.4, 0.5) is 0 Å². The van der Waals surface area contributed by atoms with Gasteiger partial charge in [-0.1, -0.05) is 0 Å². The molecule has 1 aliphatic rings. The number of carbonyl (C=O) groups is 1. The Hall–Kier alpha value is -0.770. The topological polar surface area (TPSA) is 137 Å². The van der Waals surface area contributed by atoms with Gasteiger partial charge in [-0.05, 0) is 0 Å². The van der Waals surface area contributed by atoms with E-state index in [1.165, 1.54) is 0 Å². The summed E-state index contributed by atoms with van der Waals surface area (Å²) < 4.78 is 9.54. The van der Waals surface area contributed by atoms with Crippen LogP contribution in [0.5, 0.6) is 0 Å². The minimum atomic E-state index is -1.47. The highest BCUT2D eigenvalue weighted by Crippen LogP contribution is 2.24. The lowest BCUT2D eigenvalue weighted by molar-refractivity contribution is -0.189. The fourth-order valence-electron chi connectivity index (χ4n) is 1.38. The lowest BCUT2D eigenvalue weighted by atomic mass is 10.1. The minimum absolute atomic E-state index is 0.653. The first-order valence-corrected chi connectivity index (χ1v) is 4.61. The summed E-state index contributed by atoms with van der Waals surface area (Å²) in [5.74, 6) is -1.25. The maximum absolute atomic E-state index is 10.2. The second-order valence-electron chi connectivity index (χ2n) is 3.40. The molecule has 16 heavy (non-hydrogen) atoms. The third-order valence-corrected chi connectivity index (χ3v) is 2.19. The van der Waals surface area contributed by atoms with E-state index in [2.05, 4.69) is 4.74 Å². The standard InChI is InChI=1S/C8H14O8/c9-1-3(10)7-5(13)6(14)8(16-7)15-2-4(11)12/h3,5-10,13-14H,1-2H2,(H,11,12)/t3-,5-,6+,7-,8+/m1/s1. The van der Waals surface area contributed by atoms with E-state index in [1.807, 2.05) is 0 Å². The molecule has 1 heterocycles. The molecule has 0 aromatic heterocycles. The highest BCUT2D eigenvalue weighted by Gasteiger charge is 2.46. The number of carboxylic acids is 1. The molecular weight excluding hydrogens is 224 g/mol. The van der Waals surface area contributed by atoms with Crippen molar-refractivity contribution in [2.75, 3.05) is 13.2 Å². The van der Waals surface area contributed by atoms with Crippen molar-refractivity contribution in [1.82, 2.24) is 0 Å². The van der Waals surface area contributed by atoms with Crippen LogP contribution in [0.1, 0.15) is 0 Å². The van der Waals surface area contributed by atoms with Crippen molar-refractivity contribution in [3.63, 3.8) is 0 Å². The van der Waals surface area contributed by atoms with Crippen LogP contribution in [-0.2, 0) is 14.3 Å². The maximum atomic E-state index is 10.2. The summed E-state index contributed by atoms with van der Waals surface area (Å²) in [6.45, 7) is -1.35. The molecule has 0 aliphatic carbocycles. The molecule has 94 valence electrons. The van der Waals surface area contributed by atoms with E-state index in [0.717, 1.165) is 0 Å². The zero-order valence-electron chi connectivity index (χ0n) is 8.26. The van der Waals surface area contributed by atoms with Crippen LogP contribution in [0, 0.1) is 0 Å². The van der Waals surface area contributed by atoms with Gasteiger partial charge in [-0.2, -0.15) is 0 Å². The van der Waals surface area contributed by atoms with Crippen molar-refractivity contribution >= 4 is 5.97 Å². The second kappa shape index (κ2) is 5.53. The number of hydrogen-bond acceptors (Lipinski definition) is 7. The first kappa shape index (κ1) is 13.3. The molecule has 0 spiro atoms. The van der Waals surface area contributed by atoms with Crippen molar-refractivity contribution < 1.29 is 39.8 Å². The molecule has 0 radical (unpaired) electrons. The molecule has 1 saturated heterocycles. The third-order valence-electron chi connectivity index (χ3n) is 2.19. The zero-order chi connectivity index (χ0) is 12.3. The fraction of sp³-hybridized carbons (Fsp3) is 0.875. The molecule has 1 rings (SSSR count). The molecule has 0 aromatic carbocycles. The van der Waals surface area contributed by atoms with Crippen molar-refractivity contribution in [3.05, 3.63) is 0 Å². The summed E-state index contributed by atoms with van der Waals surface area (Å²) in [5, 5.41) is 45.0. The van der Waals surface area contributed by atoms with Crippen LogP contribution in [0.15, 0.2) is 0 Å². The quantitative estimate of drug-likeness (QED) is 0.339. The van der Waals surface area contributed by atoms with Gasteiger partial charge in [0.1, 0.15) is 31.0 Å². The molecule has 8 nitrogen and oxygen atoms in total. The molecule has 0 aromatic rings. The number of rotatable bonds is 5. The number of ether oxygens (including phenoxy) is 2. The van der Waals surface area contributed by atoms with Gasteiger partial charge in [-0.25, -0.2) is 4.79 Å². The Kier molecular flexibility index (Phi) is 4.59. The van der Waals surface area contributed by atoms with E-state index < -0.39 is 49.9 Å².